The number of aryl methyl sites for hydroxylation is 2. The van der Waals surface area contributed by atoms with E-state index in [4.69, 9.17) is 9.72 Å². The van der Waals surface area contributed by atoms with Crippen LogP contribution in [0.5, 0.6) is 5.75 Å². The Hall–Kier alpha value is -4.71. The summed E-state index contributed by atoms with van der Waals surface area (Å²) in [6, 6.07) is 28.8. The van der Waals surface area contributed by atoms with Gasteiger partial charge in [0.25, 0.3) is 11.5 Å². The second-order valence-corrected chi connectivity index (χ2v) is 8.92. The van der Waals surface area contributed by atoms with Crippen molar-refractivity contribution in [1.29, 1.82) is 0 Å². The Kier molecular flexibility index (Phi) is 6.56. The summed E-state index contributed by atoms with van der Waals surface area (Å²) in [7, 11) is 1.59. The monoisotopic (exact) mass is 489 g/mol. The predicted molar refractivity (Wildman–Crippen MR) is 147 cm³/mol. The number of carbonyl (C=O) groups excluding carboxylic acids is 1. The fourth-order valence-electron chi connectivity index (χ4n) is 4.60. The van der Waals surface area contributed by atoms with E-state index in [0.717, 1.165) is 16.8 Å². The van der Waals surface area contributed by atoms with Crippen molar-refractivity contribution < 1.29 is 9.53 Å². The number of ether oxygens (including phenoxy) is 1. The van der Waals surface area contributed by atoms with Crippen LogP contribution in [0.15, 0.2) is 102 Å². The fourth-order valence-corrected chi connectivity index (χ4v) is 4.60. The smallest absolute Gasteiger partial charge is 0.278 e. The molecule has 5 aromatic rings. The number of carbonyl (C=O) groups is 1. The van der Waals surface area contributed by atoms with Crippen LogP contribution < -0.4 is 15.6 Å². The molecule has 1 amide bonds. The number of hydrogen-bond acceptors (Lipinski definition) is 4. The second kappa shape index (κ2) is 10.1. The topological polar surface area (TPSA) is 73.2 Å². The molecule has 0 spiro atoms. The number of aromatic nitrogens is 2. The molecule has 0 fully saturated rings. The molecule has 37 heavy (non-hydrogen) atoms. The molecule has 1 atom stereocenters. The van der Waals surface area contributed by atoms with Gasteiger partial charge in [-0.05, 0) is 54.8 Å². The highest BCUT2D eigenvalue weighted by Crippen LogP contribution is 2.28. The number of amides is 1. The standard InChI is InChI=1S/C31H27N3O3/c1-20-10-9-11-21(2)27(20)33-30(35)29(23-16-18-24(37-3)19-17-23)34-26-15-8-7-14-25(26)32-28(31(34)36)22-12-5-4-6-13-22/h4-19,29H,1-3H3,(H,33,35). The Balaban J connectivity index is 1.76. The van der Waals surface area contributed by atoms with Crippen molar-refractivity contribution in [1.82, 2.24) is 9.55 Å². The Labute approximate surface area is 215 Å². The van der Waals surface area contributed by atoms with Crippen LogP contribution in [-0.2, 0) is 4.79 Å². The van der Waals surface area contributed by atoms with Crippen LogP contribution in [0.2, 0.25) is 0 Å². The summed E-state index contributed by atoms with van der Waals surface area (Å²) in [4.78, 5) is 32.9. The van der Waals surface area contributed by atoms with Crippen molar-refractivity contribution in [2.75, 3.05) is 12.4 Å². The molecule has 0 aliphatic heterocycles. The maximum absolute atomic E-state index is 14.1. The minimum atomic E-state index is -0.951. The molecule has 1 unspecified atom stereocenters. The zero-order chi connectivity index (χ0) is 25.9. The zero-order valence-corrected chi connectivity index (χ0v) is 20.9. The maximum Gasteiger partial charge on any atom is 0.278 e. The van der Waals surface area contributed by atoms with E-state index in [2.05, 4.69) is 5.32 Å². The second-order valence-electron chi connectivity index (χ2n) is 8.92. The van der Waals surface area contributed by atoms with Gasteiger partial charge in [0.15, 0.2) is 0 Å². The van der Waals surface area contributed by atoms with Crippen LogP contribution >= 0.6 is 0 Å². The number of fused-ring (bicyclic) bond motifs is 1. The zero-order valence-electron chi connectivity index (χ0n) is 20.9. The van der Waals surface area contributed by atoms with E-state index in [1.165, 1.54) is 0 Å². The Morgan fingerprint density at radius 1 is 0.838 bits per heavy atom. The molecule has 0 saturated carbocycles. The lowest BCUT2D eigenvalue weighted by Gasteiger charge is -2.24. The molecular formula is C31H27N3O3. The highest BCUT2D eigenvalue weighted by molar-refractivity contribution is 5.98. The van der Waals surface area contributed by atoms with Crippen molar-refractivity contribution in [2.24, 2.45) is 0 Å². The molecule has 0 aliphatic rings. The molecule has 0 aliphatic carbocycles. The normalized spacial score (nSPS) is 11.8. The van der Waals surface area contributed by atoms with Crippen molar-refractivity contribution in [3.05, 3.63) is 124 Å². The first-order valence-electron chi connectivity index (χ1n) is 12.1. The lowest BCUT2D eigenvalue weighted by molar-refractivity contribution is -0.118. The van der Waals surface area contributed by atoms with E-state index >= 15 is 0 Å². The molecule has 1 heterocycles. The third kappa shape index (κ3) is 4.61. The van der Waals surface area contributed by atoms with E-state index < -0.39 is 6.04 Å². The number of para-hydroxylation sites is 3. The van der Waals surface area contributed by atoms with Crippen LogP contribution in [0.4, 0.5) is 5.69 Å². The van der Waals surface area contributed by atoms with Crippen molar-refractivity contribution in [2.45, 2.75) is 19.9 Å². The van der Waals surface area contributed by atoms with Gasteiger partial charge in [-0.2, -0.15) is 0 Å². The van der Waals surface area contributed by atoms with Gasteiger partial charge >= 0.3 is 0 Å². The summed E-state index contributed by atoms with van der Waals surface area (Å²) in [5.74, 6) is 0.342. The first kappa shape index (κ1) is 24.0. The average molecular weight is 490 g/mol. The summed E-state index contributed by atoms with van der Waals surface area (Å²) in [6.07, 6.45) is 0. The van der Waals surface area contributed by atoms with Crippen LogP contribution in [0, 0.1) is 13.8 Å². The number of rotatable bonds is 6. The van der Waals surface area contributed by atoms with E-state index in [9.17, 15) is 9.59 Å². The quantitative estimate of drug-likeness (QED) is 0.321. The van der Waals surface area contributed by atoms with Crippen LogP contribution in [0.25, 0.3) is 22.3 Å². The number of anilines is 1. The lowest BCUT2D eigenvalue weighted by atomic mass is 10.0. The van der Waals surface area contributed by atoms with Gasteiger partial charge in [0.2, 0.25) is 0 Å². The van der Waals surface area contributed by atoms with E-state index in [-0.39, 0.29) is 17.2 Å². The third-order valence-electron chi connectivity index (χ3n) is 6.51. The van der Waals surface area contributed by atoms with Gasteiger partial charge in [-0.25, -0.2) is 4.98 Å². The molecule has 184 valence electrons. The Bertz CT molecular complexity index is 1620. The minimum absolute atomic E-state index is 0.290. The van der Waals surface area contributed by atoms with Gasteiger partial charge in [-0.1, -0.05) is 72.8 Å². The molecule has 0 saturated heterocycles. The fraction of sp³-hybridized carbons (Fsp3) is 0.129. The summed E-state index contributed by atoms with van der Waals surface area (Å²) in [5.41, 5.74) is 5.11. The van der Waals surface area contributed by atoms with Gasteiger partial charge in [0.05, 0.1) is 18.1 Å². The summed E-state index contributed by atoms with van der Waals surface area (Å²) >= 11 is 0. The summed E-state index contributed by atoms with van der Waals surface area (Å²) in [5, 5.41) is 3.10. The molecule has 1 aromatic heterocycles. The molecular weight excluding hydrogens is 462 g/mol. The molecule has 6 nitrogen and oxygen atoms in total. The number of benzene rings is 4. The van der Waals surface area contributed by atoms with Crippen LogP contribution in [0.1, 0.15) is 22.7 Å². The number of methoxy groups -OCH3 is 1. The number of nitrogens with one attached hydrogen (secondary N) is 1. The van der Waals surface area contributed by atoms with E-state index in [0.29, 0.717) is 27.9 Å². The largest absolute Gasteiger partial charge is 0.497 e. The molecule has 0 radical (unpaired) electrons. The lowest BCUT2D eigenvalue weighted by Crippen LogP contribution is -2.36. The SMILES string of the molecule is COc1ccc(C(C(=O)Nc2c(C)cccc2C)n2c(=O)c(-c3ccccc3)nc3ccccc32)cc1. The van der Waals surface area contributed by atoms with Gasteiger partial charge < -0.3 is 10.1 Å². The Morgan fingerprint density at radius 2 is 1.49 bits per heavy atom. The highest BCUT2D eigenvalue weighted by Gasteiger charge is 2.28. The third-order valence-corrected chi connectivity index (χ3v) is 6.51. The number of nitrogens with zero attached hydrogens (tertiary/aromatic N) is 2. The van der Waals surface area contributed by atoms with Gasteiger partial charge in [0, 0.05) is 11.3 Å². The van der Waals surface area contributed by atoms with Gasteiger partial charge in [0.1, 0.15) is 17.5 Å². The van der Waals surface area contributed by atoms with E-state index in [1.54, 1.807) is 23.8 Å². The first-order chi connectivity index (χ1) is 18.0. The Morgan fingerprint density at radius 3 is 2.16 bits per heavy atom. The van der Waals surface area contributed by atoms with Crippen molar-refractivity contribution in [3.8, 4) is 17.0 Å². The maximum atomic E-state index is 14.1. The first-order valence-corrected chi connectivity index (χ1v) is 12.1. The molecule has 4 aromatic carbocycles. The van der Waals surface area contributed by atoms with Gasteiger partial charge in [-0.15, -0.1) is 0 Å². The molecule has 1 N–H and O–H groups in total. The molecule has 0 bridgehead atoms. The van der Waals surface area contributed by atoms with Crippen LogP contribution in [0.3, 0.4) is 0 Å². The summed E-state index contributed by atoms with van der Waals surface area (Å²) < 4.78 is 6.89. The van der Waals surface area contributed by atoms with Crippen molar-refractivity contribution in [3.63, 3.8) is 0 Å². The molecule has 6 heteroatoms. The predicted octanol–water partition coefficient (Wildman–Crippen LogP) is 5.92. The van der Waals surface area contributed by atoms with E-state index in [1.807, 2.05) is 98.8 Å². The van der Waals surface area contributed by atoms with Crippen LogP contribution in [-0.4, -0.2) is 22.6 Å². The highest BCUT2D eigenvalue weighted by atomic mass is 16.5. The number of hydrogen-bond donors (Lipinski definition) is 1. The summed E-state index contributed by atoms with van der Waals surface area (Å²) in [6.45, 7) is 3.90. The molecule has 5 rings (SSSR count). The average Bonchev–Trinajstić information content (AvgIpc) is 2.93. The van der Waals surface area contributed by atoms with Crippen molar-refractivity contribution >= 4 is 22.6 Å². The minimum Gasteiger partial charge on any atom is -0.497 e. The van der Waals surface area contributed by atoms with Gasteiger partial charge in [-0.3, -0.25) is 14.2 Å².